The van der Waals surface area contributed by atoms with E-state index in [0.29, 0.717) is 12.2 Å². The van der Waals surface area contributed by atoms with E-state index in [0.717, 1.165) is 32.7 Å². The van der Waals surface area contributed by atoms with Crippen LogP contribution >= 0.6 is 0 Å². The van der Waals surface area contributed by atoms with Crippen LogP contribution in [0.5, 0.6) is 0 Å². The van der Waals surface area contributed by atoms with Gasteiger partial charge in [0.05, 0.1) is 5.69 Å². The Morgan fingerprint density at radius 3 is 2.44 bits per heavy atom. The molecule has 0 amide bonds. The summed E-state index contributed by atoms with van der Waals surface area (Å²) in [5.74, 6) is -1.00. The summed E-state index contributed by atoms with van der Waals surface area (Å²) in [6.07, 6.45) is 0. The number of hydrogen-bond acceptors (Lipinski definition) is 5. The average Bonchev–Trinajstić information content (AvgIpc) is 2.63. The van der Waals surface area contributed by atoms with E-state index in [1.54, 1.807) is 18.2 Å². The monoisotopic (exact) mass is 340 g/mol. The topological polar surface area (TPSA) is 81.8 Å². The van der Waals surface area contributed by atoms with Crippen LogP contribution in [0.4, 0.5) is 17.1 Å². The molecular formula is C19H24N4O2. The van der Waals surface area contributed by atoms with Gasteiger partial charge in [0.25, 0.3) is 0 Å². The lowest BCUT2D eigenvalue weighted by Gasteiger charge is -2.36. The molecule has 0 unspecified atom stereocenters. The van der Waals surface area contributed by atoms with Crippen molar-refractivity contribution < 1.29 is 9.90 Å². The van der Waals surface area contributed by atoms with Gasteiger partial charge in [0.2, 0.25) is 0 Å². The Hall–Kier alpha value is -2.73. The lowest BCUT2D eigenvalue weighted by Crippen LogP contribution is -2.47. The van der Waals surface area contributed by atoms with Gasteiger partial charge >= 0.3 is 5.97 Å². The number of para-hydroxylation sites is 1. The van der Waals surface area contributed by atoms with Crippen molar-refractivity contribution in [3.05, 3.63) is 54.1 Å². The summed E-state index contributed by atoms with van der Waals surface area (Å²) < 4.78 is 0. The van der Waals surface area contributed by atoms with E-state index >= 15 is 0 Å². The molecule has 6 heteroatoms. The smallest absolute Gasteiger partial charge is 0.339 e. The van der Waals surface area contributed by atoms with E-state index in [4.69, 9.17) is 5.73 Å². The number of carbonyl (C=O) groups is 1. The van der Waals surface area contributed by atoms with Crippen LogP contribution in [0.3, 0.4) is 0 Å². The zero-order chi connectivity index (χ0) is 17.6. The molecule has 0 radical (unpaired) electrons. The van der Waals surface area contributed by atoms with Crippen LogP contribution in [-0.2, 0) is 0 Å². The summed E-state index contributed by atoms with van der Waals surface area (Å²) >= 11 is 0. The third-order valence-corrected chi connectivity index (χ3v) is 4.55. The number of aromatic carboxylic acids is 1. The van der Waals surface area contributed by atoms with Crippen molar-refractivity contribution >= 4 is 23.0 Å². The van der Waals surface area contributed by atoms with Crippen molar-refractivity contribution in [2.24, 2.45) is 0 Å². The highest BCUT2D eigenvalue weighted by Crippen LogP contribution is 2.22. The van der Waals surface area contributed by atoms with Crippen molar-refractivity contribution in [3.63, 3.8) is 0 Å². The van der Waals surface area contributed by atoms with Gasteiger partial charge in [-0.25, -0.2) is 4.79 Å². The first kappa shape index (κ1) is 17.1. The SMILES string of the molecule is Nc1cccc(NCCN2CCN(c3ccccc3)CC2)c1C(=O)O. The normalized spacial score (nSPS) is 15.1. The minimum atomic E-state index is -1.00. The number of carboxylic acids is 1. The van der Waals surface area contributed by atoms with Gasteiger partial charge in [-0.3, -0.25) is 4.90 Å². The van der Waals surface area contributed by atoms with Gasteiger partial charge in [-0.05, 0) is 24.3 Å². The molecule has 0 bridgehead atoms. The van der Waals surface area contributed by atoms with Crippen LogP contribution in [0, 0.1) is 0 Å². The molecule has 0 aliphatic carbocycles. The number of rotatable bonds is 6. The summed E-state index contributed by atoms with van der Waals surface area (Å²) in [7, 11) is 0. The number of benzene rings is 2. The first-order valence-electron chi connectivity index (χ1n) is 8.53. The third kappa shape index (κ3) is 4.22. The van der Waals surface area contributed by atoms with E-state index in [9.17, 15) is 9.90 Å². The number of nitrogens with zero attached hydrogens (tertiary/aromatic N) is 2. The molecule has 4 N–H and O–H groups in total. The second-order valence-corrected chi connectivity index (χ2v) is 6.17. The van der Waals surface area contributed by atoms with Crippen LogP contribution in [0.25, 0.3) is 0 Å². The van der Waals surface area contributed by atoms with Gasteiger partial charge in [0.15, 0.2) is 0 Å². The molecule has 2 aromatic carbocycles. The highest BCUT2D eigenvalue weighted by atomic mass is 16.4. The quantitative estimate of drug-likeness (QED) is 0.700. The maximum Gasteiger partial charge on any atom is 0.339 e. The summed E-state index contributed by atoms with van der Waals surface area (Å²) in [6, 6.07) is 15.6. The van der Waals surface area contributed by atoms with Crippen molar-refractivity contribution in [2.75, 3.05) is 55.2 Å². The molecule has 6 nitrogen and oxygen atoms in total. The largest absolute Gasteiger partial charge is 0.478 e. The Balaban J connectivity index is 1.48. The molecule has 1 heterocycles. The zero-order valence-electron chi connectivity index (χ0n) is 14.2. The number of nitrogen functional groups attached to an aromatic ring is 1. The van der Waals surface area contributed by atoms with Gasteiger partial charge < -0.3 is 21.1 Å². The fraction of sp³-hybridized carbons (Fsp3) is 0.316. The minimum absolute atomic E-state index is 0.149. The minimum Gasteiger partial charge on any atom is -0.478 e. The predicted molar refractivity (Wildman–Crippen MR) is 101 cm³/mol. The van der Waals surface area contributed by atoms with Crippen molar-refractivity contribution in [1.29, 1.82) is 0 Å². The van der Waals surface area contributed by atoms with Gasteiger partial charge in [0.1, 0.15) is 5.56 Å². The summed E-state index contributed by atoms with van der Waals surface area (Å²) in [6.45, 7) is 5.56. The molecular weight excluding hydrogens is 316 g/mol. The summed E-state index contributed by atoms with van der Waals surface area (Å²) in [4.78, 5) is 16.1. The van der Waals surface area contributed by atoms with Crippen molar-refractivity contribution in [2.45, 2.75) is 0 Å². The molecule has 0 saturated carbocycles. The number of hydrogen-bond donors (Lipinski definition) is 3. The van der Waals surface area contributed by atoms with E-state index < -0.39 is 5.97 Å². The lowest BCUT2D eigenvalue weighted by atomic mass is 10.1. The molecule has 25 heavy (non-hydrogen) atoms. The average molecular weight is 340 g/mol. The maximum absolute atomic E-state index is 11.3. The fourth-order valence-corrected chi connectivity index (χ4v) is 3.17. The van der Waals surface area contributed by atoms with Gasteiger partial charge in [-0.15, -0.1) is 0 Å². The highest BCUT2D eigenvalue weighted by molar-refractivity contribution is 5.99. The van der Waals surface area contributed by atoms with Gasteiger partial charge in [-0.1, -0.05) is 24.3 Å². The van der Waals surface area contributed by atoms with Gasteiger partial charge in [-0.2, -0.15) is 0 Å². The van der Waals surface area contributed by atoms with E-state index in [1.165, 1.54) is 5.69 Å². The van der Waals surface area contributed by atoms with Crippen LogP contribution in [0.15, 0.2) is 48.5 Å². The molecule has 1 aliphatic rings. The Morgan fingerprint density at radius 2 is 1.76 bits per heavy atom. The van der Waals surface area contributed by atoms with Crippen LogP contribution in [0.1, 0.15) is 10.4 Å². The van der Waals surface area contributed by atoms with E-state index in [2.05, 4.69) is 39.4 Å². The number of piperazine rings is 1. The summed E-state index contributed by atoms with van der Waals surface area (Å²) in [5, 5.41) is 12.5. The number of nitrogens with one attached hydrogen (secondary N) is 1. The first-order chi connectivity index (χ1) is 12.1. The Morgan fingerprint density at radius 1 is 1.04 bits per heavy atom. The molecule has 2 aromatic rings. The number of anilines is 3. The highest BCUT2D eigenvalue weighted by Gasteiger charge is 2.17. The molecule has 1 saturated heterocycles. The second-order valence-electron chi connectivity index (χ2n) is 6.17. The lowest BCUT2D eigenvalue weighted by molar-refractivity contribution is 0.0699. The number of nitrogens with two attached hydrogens (primary N) is 1. The molecule has 0 spiro atoms. The standard InChI is InChI=1S/C19H24N4O2/c20-16-7-4-8-17(18(16)19(24)25)21-9-10-22-11-13-23(14-12-22)15-5-2-1-3-6-15/h1-8,21H,9-14,20H2,(H,24,25). The van der Waals surface area contributed by atoms with Crippen LogP contribution in [-0.4, -0.2) is 55.2 Å². The molecule has 1 aliphatic heterocycles. The molecule has 1 fully saturated rings. The molecule has 3 rings (SSSR count). The molecule has 0 aromatic heterocycles. The maximum atomic E-state index is 11.3. The molecule has 0 atom stereocenters. The number of carboxylic acid groups (broad SMARTS) is 1. The Labute approximate surface area is 147 Å². The fourth-order valence-electron chi connectivity index (χ4n) is 3.17. The first-order valence-corrected chi connectivity index (χ1v) is 8.53. The molecule has 132 valence electrons. The van der Waals surface area contributed by atoms with E-state index in [-0.39, 0.29) is 11.3 Å². The Kier molecular flexibility index (Phi) is 5.40. The van der Waals surface area contributed by atoms with Crippen LogP contribution < -0.4 is 16.0 Å². The second kappa shape index (κ2) is 7.90. The Bertz CT molecular complexity index is 713. The summed E-state index contributed by atoms with van der Waals surface area (Å²) in [5.41, 5.74) is 8.05. The van der Waals surface area contributed by atoms with Crippen LogP contribution in [0.2, 0.25) is 0 Å². The van der Waals surface area contributed by atoms with Crippen molar-refractivity contribution in [3.8, 4) is 0 Å². The van der Waals surface area contributed by atoms with Gasteiger partial charge in [0, 0.05) is 50.6 Å². The third-order valence-electron chi connectivity index (χ3n) is 4.55. The van der Waals surface area contributed by atoms with E-state index in [1.807, 2.05) is 6.07 Å². The van der Waals surface area contributed by atoms with Crippen molar-refractivity contribution in [1.82, 2.24) is 4.90 Å². The zero-order valence-corrected chi connectivity index (χ0v) is 14.2. The predicted octanol–water partition coefficient (Wildman–Crippen LogP) is 2.20.